The number of allylic oxidation sites excluding steroid dienone is 4. The Kier molecular flexibility index (Phi) is 9.39. The molecule has 2 atom stereocenters. The maximum atomic E-state index is 2.48. The van der Waals surface area contributed by atoms with Gasteiger partial charge in [-0.2, -0.15) is 0 Å². The van der Waals surface area contributed by atoms with Gasteiger partial charge >= 0.3 is 0 Å². The van der Waals surface area contributed by atoms with Gasteiger partial charge in [-0.1, -0.05) is 202 Å². The van der Waals surface area contributed by atoms with Crippen LogP contribution in [-0.4, -0.2) is 0 Å². The van der Waals surface area contributed by atoms with E-state index in [4.69, 9.17) is 0 Å². The molecule has 1 nitrogen and oxygen atoms in total. The van der Waals surface area contributed by atoms with E-state index in [2.05, 4.69) is 255 Å². The third-order valence-corrected chi connectivity index (χ3v) is 13.4. The van der Waals surface area contributed by atoms with Crippen molar-refractivity contribution in [3.05, 3.63) is 253 Å². The van der Waals surface area contributed by atoms with Crippen LogP contribution in [0.25, 0.3) is 60.9 Å². The largest absolute Gasteiger partial charge is 0.310 e. The summed E-state index contributed by atoms with van der Waals surface area (Å²) < 4.78 is 0. The molecule has 0 N–H and O–H groups in total. The number of fused-ring (bicyclic) bond motifs is 4. The molecule has 0 heterocycles. The summed E-state index contributed by atoms with van der Waals surface area (Å²) in [5.41, 5.74) is 18.6. The predicted molar refractivity (Wildman–Crippen MR) is 263 cm³/mol. The average Bonchev–Trinajstić information content (AvgIpc) is 3.57. The number of rotatable bonds is 8. The topological polar surface area (TPSA) is 3.24 Å². The van der Waals surface area contributed by atoms with Crippen LogP contribution < -0.4 is 4.90 Å². The Morgan fingerprint density at radius 1 is 0.387 bits per heavy atom. The summed E-state index contributed by atoms with van der Waals surface area (Å²) in [6, 6.07) is 80.1. The van der Waals surface area contributed by atoms with Crippen molar-refractivity contribution in [2.24, 2.45) is 5.92 Å². The molecule has 9 aromatic rings. The van der Waals surface area contributed by atoms with E-state index in [0.717, 1.165) is 17.1 Å². The second-order valence-corrected chi connectivity index (χ2v) is 17.3. The van der Waals surface area contributed by atoms with Crippen molar-refractivity contribution >= 4 is 33.4 Å². The van der Waals surface area contributed by atoms with Gasteiger partial charge in [-0.05, 0) is 137 Å². The first kappa shape index (κ1) is 37.5. The monoisotopic (exact) mass is 793 g/mol. The molecule has 2 aliphatic carbocycles. The minimum atomic E-state index is -0.0595. The minimum absolute atomic E-state index is 0.0595. The van der Waals surface area contributed by atoms with E-state index in [0.29, 0.717) is 11.8 Å². The first-order chi connectivity index (χ1) is 30.5. The molecular weight excluding hydrogens is 747 g/mol. The lowest BCUT2D eigenvalue weighted by Crippen LogP contribution is -2.26. The van der Waals surface area contributed by atoms with Crippen LogP contribution in [0.2, 0.25) is 0 Å². The minimum Gasteiger partial charge on any atom is -0.310 e. The van der Waals surface area contributed by atoms with E-state index in [9.17, 15) is 0 Å². The van der Waals surface area contributed by atoms with Gasteiger partial charge in [0.15, 0.2) is 0 Å². The van der Waals surface area contributed by atoms with Crippen molar-refractivity contribution in [1.82, 2.24) is 0 Å². The van der Waals surface area contributed by atoms with Crippen LogP contribution in [-0.2, 0) is 5.41 Å². The van der Waals surface area contributed by atoms with Crippen molar-refractivity contribution < 1.29 is 0 Å². The summed E-state index contributed by atoms with van der Waals surface area (Å²) >= 11 is 0. The van der Waals surface area contributed by atoms with Crippen LogP contribution in [0, 0.1) is 5.92 Å². The molecule has 2 unspecified atom stereocenters. The lowest BCUT2D eigenvalue weighted by atomic mass is 9.71. The standard InChI is InChI=1S/C61H47N/c1-61(2)58-28-16-27-53(45-21-10-5-11-22-45)60(58)55-38-37-51(41-59(55)61)62(49-33-29-43(30-34-49)42-17-6-3-7-18-42)50-35-31-46(32-36-50)56-39-47-23-12-13-24-48(47)40-57(56)54-26-15-14-25-52(54)44-19-8-4-9-20-44/h3-41,58,60H,1-2H3. The van der Waals surface area contributed by atoms with Crippen LogP contribution in [0.3, 0.4) is 0 Å². The average molecular weight is 794 g/mol. The highest BCUT2D eigenvalue weighted by Gasteiger charge is 2.47. The highest BCUT2D eigenvalue weighted by atomic mass is 15.1. The second kappa shape index (κ2) is 15.5. The summed E-state index contributed by atoms with van der Waals surface area (Å²) in [4.78, 5) is 2.44. The number of hydrogen-bond acceptors (Lipinski definition) is 1. The Labute approximate surface area is 365 Å². The summed E-state index contributed by atoms with van der Waals surface area (Å²) in [6.07, 6.45) is 7.05. The number of hydrogen-bond donors (Lipinski definition) is 0. The third-order valence-electron chi connectivity index (χ3n) is 13.4. The van der Waals surface area contributed by atoms with Crippen LogP contribution in [0.1, 0.15) is 36.5 Å². The molecule has 1 heteroatoms. The van der Waals surface area contributed by atoms with Gasteiger partial charge in [-0.3, -0.25) is 0 Å². The van der Waals surface area contributed by atoms with E-state index in [1.54, 1.807) is 0 Å². The van der Waals surface area contributed by atoms with Crippen molar-refractivity contribution in [3.8, 4) is 44.5 Å². The van der Waals surface area contributed by atoms with E-state index in [-0.39, 0.29) is 5.41 Å². The molecule has 0 radical (unpaired) electrons. The Balaban J connectivity index is 1.04. The predicted octanol–water partition coefficient (Wildman–Crippen LogP) is 16.6. The van der Waals surface area contributed by atoms with Gasteiger partial charge in [0.25, 0.3) is 0 Å². The molecule has 296 valence electrons. The maximum Gasteiger partial charge on any atom is 0.0464 e. The van der Waals surface area contributed by atoms with Crippen LogP contribution in [0.15, 0.2) is 237 Å². The Morgan fingerprint density at radius 3 is 1.52 bits per heavy atom. The molecular formula is C61H47N. The fraction of sp³-hybridized carbons (Fsp3) is 0.0820. The van der Waals surface area contributed by atoms with Gasteiger partial charge < -0.3 is 4.90 Å². The van der Waals surface area contributed by atoms with Gasteiger partial charge in [0.1, 0.15) is 0 Å². The van der Waals surface area contributed by atoms with E-state index in [1.165, 1.54) is 77.5 Å². The van der Waals surface area contributed by atoms with Crippen LogP contribution >= 0.6 is 0 Å². The quantitative estimate of drug-likeness (QED) is 0.148. The smallest absolute Gasteiger partial charge is 0.0464 e. The van der Waals surface area contributed by atoms with E-state index in [1.807, 2.05) is 0 Å². The van der Waals surface area contributed by atoms with E-state index < -0.39 is 0 Å². The molecule has 0 amide bonds. The second-order valence-electron chi connectivity index (χ2n) is 17.3. The molecule has 0 saturated carbocycles. The van der Waals surface area contributed by atoms with Crippen LogP contribution in [0.4, 0.5) is 17.1 Å². The fourth-order valence-corrected chi connectivity index (χ4v) is 10.3. The zero-order valence-electron chi connectivity index (χ0n) is 35.1. The van der Waals surface area contributed by atoms with Crippen molar-refractivity contribution in [2.45, 2.75) is 25.2 Å². The number of anilines is 3. The van der Waals surface area contributed by atoms with Gasteiger partial charge in [0.2, 0.25) is 0 Å². The van der Waals surface area contributed by atoms with Gasteiger partial charge in [-0.25, -0.2) is 0 Å². The molecule has 11 rings (SSSR count). The van der Waals surface area contributed by atoms with Gasteiger partial charge in [0.05, 0.1) is 0 Å². The summed E-state index contributed by atoms with van der Waals surface area (Å²) in [6.45, 7) is 4.87. The fourth-order valence-electron chi connectivity index (χ4n) is 10.3. The molecule has 0 bridgehead atoms. The molecule has 2 aliphatic rings. The first-order valence-corrected chi connectivity index (χ1v) is 21.8. The molecule has 9 aromatic carbocycles. The molecule has 0 spiro atoms. The zero-order chi connectivity index (χ0) is 41.6. The van der Waals surface area contributed by atoms with Crippen molar-refractivity contribution in [2.75, 3.05) is 4.90 Å². The lowest BCUT2D eigenvalue weighted by molar-refractivity contribution is 0.399. The van der Waals surface area contributed by atoms with Crippen LogP contribution in [0.5, 0.6) is 0 Å². The highest BCUT2D eigenvalue weighted by molar-refractivity contribution is 6.00. The summed E-state index contributed by atoms with van der Waals surface area (Å²) in [5, 5.41) is 2.46. The maximum absolute atomic E-state index is 2.48. The SMILES string of the molecule is CC1(C)c2cc(N(c3ccc(-c4ccccc4)cc3)c3ccc(-c4cc5ccccc5cc4-c4ccccc4-c4ccccc4)cc3)ccc2C2C(c3ccccc3)=CC=CC21. The zero-order valence-corrected chi connectivity index (χ0v) is 35.1. The lowest BCUT2D eigenvalue weighted by Gasteiger charge is -2.32. The normalized spacial score (nSPS) is 16.1. The Bertz CT molecular complexity index is 3120. The summed E-state index contributed by atoms with van der Waals surface area (Å²) in [7, 11) is 0. The Hall–Kier alpha value is -7.48. The summed E-state index contributed by atoms with van der Waals surface area (Å²) in [5.74, 6) is 0.677. The number of benzene rings is 9. The van der Waals surface area contributed by atoms with Crippen molar-refractivity contribution in [3.63, 3.8) is 0 Å². The highest BCUT2D eigenvalue weighted by Crippen LogP contribution is 2.58. The third kappa shape index (κ3) is 6.58. The van der Waals surface area contributed by atoms with Gasteiger partial charge in [-0.15, -0.1) is 0 Å². The molecule has 62 heavy (non-hydrogen) atoms. The molecule has 0 saturated heterocycles. The molecule has 0 fully saturated rings. The number of nitrogens with zero attached hydrogens (tertiary/aromatic N) is 1. The Morgan fingerprint density at radius 2 is 0.871 bits per heavy atom. The van der Waals surface area contributed by atoms with Gasteiger partial charge in [0, 0.05) is 23.0 Å². The van der Waals surface area contributed by atoms with E-state index >= 15 is 0 Å². The molecule has 0 aliphatic heterocycles. The van der Waals surface area contributed by atoms with Crippen molar-refractivity contribution in [1.29, 1.82) is 0 Å². The molecule has 0 aromatic heterocycles. The first-order valence-electron chi connectivity index (χ1n) is 21.8.